The predicted octanol–water partition coefficient (Wildman–Crippen LogP) is 4.44. The molecular formula is C24H23N3O4S. The summed E-state index contributed by atoms with van der Waals surface area (Å²) in [6.07, 6.45) is 1.56. The molecule has 0 bridgehead atoms. The van der Waals surface area contributed by atoms with Crippen molar-refractivity contribution in [2.75, 3.05) is 5.32 Å². The summed E-state index contributed by atoms with van der Waals surface area (Å²) in [7, 11) is 0. The van der Waals surface area contributed by atoms with Crippen LogP contribution in [-0.4, -0.2) is 21.4 Å². The number of benzene rings is 2. The van der Waals surface area contributed by atoms with E-state index in [0.29, 0.717) is 34.3 Å². The maximum Gasteiger partial charge on any atom is 0.265 e. The standard InChI is InChI=1S/C24H23N3O4S/c1-3-20(31-18-7-5-4-6-8-18)23(29)26-19-10-9-16(2)13-21(19)30-15-17-14-22(28)27-11-12-32-24(27)25-17/h4-14,20H,3,15H2,1-2H3,(H,26,29)/t20-/m1/s1. The third-order valence-corrected chi connectivity index (χ3v) is 5.57. The van der Waals surface area contributed by atoms with Crippen LogP contribution in [-0.2, 0) is 11.4 Å². The van der Waals surface area contributed by atoms with Gasteiger partial charge in [0.2, 0.25) is 0 Å². The van der Waals surface area contributed by atoms with Crippen LogP contribution in [0.25, 0.3) is 4.96 Å². The number of rotatable bonds is 8. The minimum absolute atomic E-state index is 0.105. The van der Waals surface area contributed by atoms with E-state index in [-0.39, 0.29) is 18.1 Å². The molecule has 0 radical (unpaired) electrons. The molecule has 2 aromatic heterocycles. The SMILES string of the molecule is CC[C@@H](Oc1ccccc1)C(=O)Nc1ccc(C)cc1OCc1cc(=O)n2ccsc2n1. The molecule has 0 aliphatic rings. The van der Waals surface area contributed by atoms with Crippen molar-refractivity contribution in [2.45, 2.75) is 33.0 Å². The lowest BCUT2D eigenvalue weighted by Gasteiger charge is -2.19. The third-order valence-electron chi connectivity index (χ3n) is 4.81. The van der Waals surface area contributed by atoms with E-state index in [0.717, 1.165) is 5.56 Å². The monoisotopic (exact) mass is 449 g/mol. The number of amides is 1. The van der Waals surface area contributed by atoms with Crippen molar-refractivity contribution in [2.24, 2.45) is 0 Å². The van der Waals surface area contributed by atoms with Crippen molar-refractivity contribution >= 4 is 27.9 Å². The molecule has 8 heteroatoms. The van der Waals surface area contributed by atoms with Crippen LogP contribution in [0.15, 0.2) is 71.0 Å². The lowest BCUT2D eigenvalue weighted by molar-refractivity contribution is -0.122. The second kappa shape index (κ2) is 9.65. The van der Waals surface area contributed by atoms with Crippen molar-refractivity contribution in [3.8, 4) is 11.5 Å². The van der Waals surface area contributed by atoms with Crippen LogP contribution in [0, 0.1) is 6.92 Å². The number of fused-ring (bicyclic) bond motifs is 1. The van der Waals surface area contributed by atoms with Gasteiger partial charge in [0, 0.05) is 17.6 Å². The average molecular weight is 450 g/mol. The lowest BCUT2D eigenvalue weighted by Crippen LogP contribution is -2.32. The van der Waals surface area contributed by atoms with Gasteiger partial charge in [0.15, 0.2) is 11.1 Å². The van der Waals surface area contributed by atoms with Crippen LogP contribution >= 0.6 is 11.3 Å². The molecule has 0 saturated heterocycles. The zero-order chi connectivity index (χ0) is 22.5. The Labute approximate surface area is 189 Å². The van der Waals surface area contributed by atoms with Gasteiger partial charge in [-0.3, -0.25) is 14.0 Å². The van der Waals surface area contributed by atoms with E-state index in [1.165, 1.54) is 21.8 Å². The molecule has 0 aliphatic heterocycles. The van der Waals surface area contributed by atoms with Gasteiger partial charge in [-0.2, -0.15) is 0 Å². The topological polar surface area (TPSA) is 81.9 Å². The molecule has 2 aromatic carbocycles. The highest BCUT2D eigenvalue weighted by Crippen LogP contribution is 2.27. The summed E-state index contributed by atoms with van der Waals surface area (Å²) < 4.78 is 13.3. The van der Waals surface area contributed by atoms with Gasteiger partial charge < -0.3 is 14.8 Å². The number of thiazole rings is 1. The van der Waals surface area contributed by atoms with Gasteiger partial charge in [-0.15, -0.1) is 11.3 Å². The van der Waals surface area contributed by atoms with E-state index in [1.54, 1.807) is 12.3 Å². The van der Waals surface area contributed by atoms with Crippen LogP contribution in [0.4, 0.5) is 5.69 Å². The smallest absolute Gasteiger partial charge is 0.265 e. The van der Waals surface area contributed by atoms with Gasteiger partial charge in [0.1, 0.15) is 18.1 Å². The Kier molecular flexibility index (Phi) is 6.51. The maximum atomic E-state index is 12.9. The molecule has 4 rings (SSSR count). The number of para-hydroxylation sites is 1. The van der Waals surface area contributed by atoms with E-state index in [4.69, 9.17) is 9.47 Å². The zero-order valence-corrected chi connectivity index (χ0v) is 18.6. The summed E-state index contributed by atoms with van der Waals surface area (Å²) in [6.45, 7) is 3.94. The van der Waals surface area contributed by atoms with Crippen LogP contribution in [0.1, 0.15) is 24.6 Å². The van der Waals surface area contributed by atoms with E-state index in [2.05, 4.69) is 10.3 Å². The van der Waals surface area contributed by atoms with Gasteiger partial charge in [0.05, 0.1) is 11.4 Å². The maximum absolute atomic E-state index is 12.9. The van der Waals surface area contributed by atoms with E-state index in [9.17, 15) is 9.59 Å². The molecule has 0 saturated carbocycles. The van der Waals surface area contributed by atoms with Crippen molar-refractivity contribution < 1.29 is 14.3 Å². The molecule has 0 aliphatic carbocycles. The number of nitrogens with one attached hydrogen (secondary N) is 1. The van der Waals surface area contributed by atoms with Crippen LogP contribution in [0.2, 0.25) is 0 Å². The van der Waals surface area contributed by atoms with E-state index in [1.807, 2.05) is 61.7 Å². The number of carbonyl (C=O) groups excluding carboxylic acids is 1. The third kappa shape index (κ3) is 4.97. The van der Waals surface area contributed by atoms with Crippen LogP contribution < -0.4 is 20.3 Å². The first-order valence-corrected chi connectivity index (χ1v) is 11.1. The quantitative estimate of drug-likeness (QED) is 0.430. The number of ether oxygens (including phenoxy) is 2. The first kappa shape index (κ1) is 21.6. The second-order valence-corrected chi connectivity index (χ2v) is 8.12. The van der Waals surface area contributed by atoms with Crippen molar-refractivity contribution in [3.63, 3.8) is 0 Å². The Morgan fingerprint density at radius 2 is 2.00 bits per heavy atom. The highest BCUT2D eigenvalue weighted by atomic mass is 32.1. The number of anilines is 1. The fourth-order valence-electron chi connectivity index (χ4n) is 3.16. The predicted molar refractivity (Wildman–Crippen MR) is 125 cm³/mol. The Balaban J connectivity index is 1.49. The number of hydrogen-bond donors (Lipinski definition) is 1. The highest BCUT2D eigenvalue weighted by molar-refractivity contribution is 7.15. The van der Waals surface area contributed by atoms with Gasteiger partial charge in [-0.25, -0.2) is 4.98 Å². The molecule has 164 valence electrons. The van der Waals surface area contributed by atoms with E-state index < -0.39 is 6.10 Å². The van der Waals surface area contributed by atoms with E-state index >= 15 is 0 Å². The van der Waals surface area contributed by atoms with Crippen LogP contribution in [0.5, 0.6) is 11.5 Å². The van der Waals surface area contributed by atoms with Crippen LogP contribution in [0.3, 0.4) is 0 Å². The van der Waals surface area contributed by atoms with Gasteiger partial charge >= 0.3 is 0 Å². The van der Waals surface area contributed by atoms with Gasteiger partial charge in [-0.05, 0) is 43.2 Å². The summed E-state index contributed by atoms with van der Waals surface area (Å²) in [6, 6.07) is 16.2. The molecule has 0 fully saturated rings. The molecule has 1 N–H and O–H groups in total. The normalized spacial score (nSPS) is 11.8. The molecule has 1 atom stereocenters. The summed E-state index contributed by atoms with van der Waals surface area (Å²) in [5, 5.41) is 4.72. The zero-order valence-electron chi connectivity index (χ0n) is 17.8. The van der Waals surface area contributed by atoms with Crippen molar-refractivity contribution in [1.82, 2.24) is 9.38 Å². The lowest BCUT2D eigenvalue weighted by atomic mass is 10.2. The molecule has 4 aromatic rings. The summed E-state index contributed by atoms with van der Waals surface area (Å²) in [5.74, 6) is 0.874. The molecule has 7 nitrogen and oxygen atoms in total. The highest BCUT2D eigenvalue weighted by Gasteiger charge is 2.20. The Morgan fingerprint density at radius 3 is 2.78 bits per heavy atom. The number of aromatic nitrogens is 2. The Bertz CT molecular complexity index is 1280. The first-order valence-electron chi connectivity index (χ1n) is 10.3. The fourth-order valence-corrected chi connectivity index (χ4v) is 3.90. The second-order valence-electron chi connectivity index (χ2n) is 7.25. The molecule has 0 unspecified atom stereocenters. The number of aryl methyl sites for hydroxylation is 1. The Morgan fingerprint density at radius 1 is 1.19 bits per heavy atom. The number of carbonyl (C=O) groups is 1. The average Bonchev–Trinajstić information content (AvgIpc) is 3.27. The molecule has 0 spiro atoms. The molecule has 2 heterocycles. The first-order chi connectivity index (χ1) is 15.5. The fraction of sp³-hybridized carbons (Fsp3) is 0.208. The molecule has 1 amide bonds. The molecule has 32 heavy (non-hydrogen) atoms. The van der Waals surface area contributed by atoms with Crippen molar-refractivity contribution in [3.05, 3.63) is 87.8 Å². The van der Waals surface area contributed by atoms with Gasteiger partial charge in [-0.1, -0.05) is 31.2 Å². The number of nitrogens with zero attached hydrogens (tertiary/aromatic N) is 2. The summed E-state index contributed by atoms with van der Waals surface area (Å²) in [4.78, 5) is 30.1. The summed E-state index contributed by atoms with van der Waals surface area (Å²) in [5.41, 5.74) is 1.88. The summed E-state index contributed by atoms with van der Waals surface area (Å²) >= 11 is 1.38. The Hall–Kier alpha value is -3.65. The largest absolute Gasteiger partial charge is 0.485 e. The minimum Gasteiger partial charge on any atom is -0.485 e. The minimum atomic E-state index is -0.644. The molecular weight excluding hydrogens is 426 g/mol. The van der Waals surface area contributed by atoms with Crippen molar-refractivity contribution in [1.29, 1.82) is 0 Å². The number of hydrogen-bond acceptors (Lipinski definition) is 6. The van der Waals surface area contributed by atoms with Gasteiger partial charge in [0.25, 0.3) is 11.5 Å².